The molecule has 0 spiro atoms. The third kappa shape index (κ3) is 3.70. The zero-order valence-electron chi connectivity index (χ0n) is 10.6. The van der Waals surface area contributed by atoms with Crippen molar-refractivity contribution in [3.05, 3.63) is 50.4 Å². The molecule has 2 aromatic rings. The highest BCUT2D eigenvalue weighted by Gasteiger charge is 2.22. The van der Waals surface area contributed by atoms with E-state index in [1.54, 1.807) is 19.3 Å². The Morgan fingerprint density at radius 1 is 1.40 bits per heavy atom. The van der Waals surface area contributed by atoms with Gasteiger partial charge in [0.1, 0.15) is 5.01 Å². The summed E-state index contributed by atoms with van der Waals surface area (Å²) in [6.07, 6.45) is 0.377. The van der Waals surface area contributed by atoms with E-state index in [-0.39, 0.29) is 0 Å². The Bertz CT molecular complexity index is 584. The van der Waals surface area contributed by atoms with E-state index in [9.17, 15) is 9.90 Å². The number of benzene rings is 1. The van der Waals surface area contributed by atoms with Crippen molar-refractivity contribution in [2.45, 2.75) is 12.6 Å². The molecule has 0 aliphatic carbocycles. The molecular formula is C13H12Cl2N2O2S. The monoisotopic (exact) mass is 330 g/mol. The lowest BCUT2D eigenvalue weighted by Gasteiger charge is -2.20. The molecule has 1 amide bonds. The first kappa shape index (κ1) is 15.3. The quantitative estimate of drug-likeness (QED) is 0.936. The number of rotatable bonds is 4. The van der Waals surface area contributed by atoms with E-state index in [1.165, 1.54) is 28.4 Å². The smallest absolute Gasteiger partial charge is 0.256 e. The average molecular weight is 331 g/mol. The van der Waals surface area contributed by atoms with Crippen LogP contribution in [0, 0.1) is 0 Å². The molecule has 4 nitrogen and oxygen atoms in total. The molecule has 0 bridgehead atoms. The predicted molar refractivity (Wildman–Crippen MR) is 80.0 cm³/mol. The van der Waals surface area contributed by atoms with Crippen molar-refractivity contribution in [2.75, 3.05) is 7.05 Å². The van der Waals surface area contributed by atoms with E-state index < -0.39 is 12.0 Å². The van der Waals surface area contributed by atoms with Crippen LogP contribution in [0.1, 0.15) is 16.7 Å². The summed E-state index contributed by atoms with van der Waals surface area (Å²) in [6, 6.07) is 4.59. The van der Waals surface area contributed by atoms with E-state index in [1.807, 2.05) is 5.38 Å². The standard InChI is InChI=1S/C13H12Cl2N2O2S/c1-17(7-11-16-2-3-20-11)13(19)12(18)8-4-9(14)6-10(15)5-8/h2-6,12,18H,7H2,1H3/t12-/m1/s1. The molecule has 1 atom stereocenters. The lowest BCUT2D eigenvalue weighted by molar-refractivity contribution is -0.139. The van der Waals surface area contributed by atoms with Crippen molar-refractivity contribution in [1.29, 1.82) is 0 Å². The summed E-state index contributed by atoms with van der Waals surface area (Å²) >= 11 is 13.2. The molecule has 20 heavy (non-hydrogen) atoms. The minimum Gasteiger partial charge on any atom is -0.378 e. The van der Waals surface area contributed by atoms with Gasteiger partial charge in [-0.3, -0.25) is 4.79 Å². The van der Waals surface area contributed by atoms with Crippen molar-refractivity contribution in [3.63, 3.8) is 0 Å². The number of aromatic nitrogens is 1. The van der Waals surface area contributed by atoms with Crippen molar-refractivity contribution in [2.24, 2.45) is 0 Å². The Balaban J connectivity index is 2.11. The van der Waals surface area contributed by atoms with Crippen LogP contribution in [0.25, 0.3) is 0 Å². The second-order valence-corrected chi connectivity index (χ2v) is 6.08. The van der Waals surface area contributed by atoms with Crippen LogP contribution in [0.3, 0.4) is 0 Å². The fourth-order valence-corrected chi connectivity index (χ4v) is 2.91. The minimum atomic E-state index is -1.30. The van der Waals surface area contributed by atoms with Crippen LogP contribution in [-0.2, 0) is 11.3 Å². The molecule has 0 aliphatic heterocycles. The second kappa shape index (κ2) is 6.54. The van der Waals surface area contributed by atoms with Crippen molar-refractivity contribution >= 4 is 40.4 Å². The Morgan fingerprint density at radius 3 is 2.60 bits per heavy atom. The van der Waals surface area contributed by atoms with Crippen LogP contribution in [-0.4, -0.2) is 27.9 Å². The van der Waals surface area contributed by atoms with E-state index >= 15 is 0 Å². The van der Waals surface area contributed by atoms with Crippen LogP contribution in [0.2, 0.25) is 10.0 Å². The number of carbonyl (C=O) groups excluding carboxylic acids is 1. The highest BCUT2D eigenvalue weighted by Crippen LogP contribution is 2.25. The molecule has 7 heteroatoms. The highest BCUT2D eigenvalue weighted by molar-refractivity contribution is 7.09. The first-order chi connectivity index (χ1) is 9.47. The minimum absolute atomic E-state index is 0.349. The van der Waals surface area contributed by atoms with Crippen LogP contribution < -0.4 is 0 Å². The average Bonchev–Trinajstić information content (AvgIpc) is 2.88. The molecule has 0 unspecified atom stereocenters. The number of likely N-dealkylation sites (N-methyl/N-ethyl adjacent to an activating group) is 1. The van der Waals surface area contributed by atoms with Crippen LogP contribution in [0.15, 0.2) is 29.8 Å². The number of carbonyl (C=O) groups is 1. The maximum atomic E-state index is 12.2. The van der Waals surface area contributed by atoms with Gasteiger partial charge in [0.05, 0.1) is 6.54 Å². The van der Waals surface area contributed by atoms with Gasteiger partial charge < -0.3 is 10.0 Å². The Morgan fingerprint density at radius 2 is 2.05 bits per heavy atom. The topological polar surface area (TPSA) is 53.4 Å². The van der Waals surface area contributed by atoms with Gasteiger partial charge in [0, 0.05) is 28.7 Å². The molecule has 0 fully saturated rings. The third-order valence-electron chi connectivity index (χ3n) is 2.67. The molecule has 0 saturated heterocycles. The molecule has 2 rings (SSSR count). The van der Waals surface area contributed by atoms with Gasteiger partial charge in [0.15, 0.2) is 6.10 Å². The molecule has 1 N–H and O–H groups in total. The highest BCUT2D eigenvalue weighted by atomic mass is 35.5. The largest absolute Gasteiger partial charge is 0.378 e. The number of halogens is 2. The molecule has 0 radical (unpaired) electrons. The number of nitrogens with zero attached hydrogens (tertiary/aromatic N) is 2. The summed E-state index contributed by atoms with van der Waals surface area (Å²) < 4.78 is 0. The molecule has 1 aromatic carbocycles. The number of aliphatic hydroxyl groups is 1. The van der Waals surface area contributed by atoms with E-state index in [0.29, 0.717) is 22.2 Å². The summed E-state index contributed by atoms with van der Waals surface area (Å²) in [5, 5.41) is 13.5. The van der Waals surface area contributed by atoms with E-state index in [0.717, 1.165) is 5.01 Å². The van der Waals surface area contributed by atoms with E-state index in [4.69, 9.17) is 23.2 Å². The first-order valence-electron chi connectivity index (χ1n) is 5.75. The normalized spacial score (nSPS) is 12.2. The van der Waals surface area contributed by atoms with Crippen LogP contribution in [0.4, 0.5) is 0 Å². The fraction of sp³-hybridized carbons (Fsp3) is 0.231. The van der Waals surface area contributed by atoms with Crippen molar-refractivity contribution in [3.8, 4) is 0 Å². The molecule has 1 aromatic heterocycles. The Labute approximate surface area is 130 Å². The summed E-state index contributed by atoms with van der Waals surface area (Å²) in [5.74, 6) is -0.432. The zero-order valence-corrected chi connectivity index (χ0v) is 12.9. The summed E-state index contributed by atoms with van der Waals surface area (Å²) in [7, 11) is 1.61. The van der Waals surface area contributed by atoms with Gasteiger partial charge in [-0.15, -0.1) is 11.3 Å². The SMILES string of the molecule is CN(Cc1nccs1)C(=O)[C@H](O)c1cc(Cl)cc(Cl)c1. The molecule has 0 saturated carbocycles. The van der Waals surface area contributed by atoms with Crippen LogP contribution >= 0.6 is 34.5 Å². The van der Waals surface area contributed by atoms with Crippen LogP contribution in [0.5, 0.6) is 0 Å². The molecular weight excluding hydrogens is 319 g/mol. The van der Waals surface area contributed by atoms with Crippen molar-refractivity contribution in [1.82, 2.24) is 9.88 Å². The van der Waals surface area contributed by atoms with Crippen molar-refractivity contribution < 1.29 is 9.90 Å². The molecule has 1 heterocycles. The predicted octanol–water partition coefficient (Wildman–Crippen LogP) is 3.14. The lowest BCUT2D eigenvalue weighted by atomic mass is 10.1. The third-order valence-corrected chi connectivity index (χ3v) is 3.87. The number of hydrogen-bond donors (Lipinski definition) is 1. The Hall–Kier alpha value is -1.14. The number of hydrogen-bond acceptors (Lipinski definition) is 4. The van der Waals surface area contributed by atoms with Gasteiger partial charge in [0.2, 0.25) is 0 Å². The van der Waals surface area contributed by atoms with Gasteiger partial charge in [-0.05, 0) is 23.8 Å². The maximum Gasteiger partial charge on any atom is 0.256 e. The summed E-state index contributed by atoms with van der Waals surface area (Å²) in [6.45, 7) is 0.349. The fourth-order valence-electron chi connectivity index (χ4n) is 1.70. The zero-order chi connectivity index (χ0) is 14.7. The molecule has 0 aliphatic rings. The van der Waals surface area contributed by atoms with Gasteiger partial charge in [-0.1, -0.05) is 23.2 Å². The lowest BCUT2D eigenvalue weighted by Crippen LogP contribution is -2.31. The van der Waals surface area contributed by atoms with Gasteiger partial charge in [-0.25, -0.2) is 4.98 Å². The van der Waals surface area contributed by atoms with Gasteiger partial charge >= 0.3 is 0 Å². The number of thiazole rings is 1. The molecule has 106 valence electrons. The number of aliphatic hydroxyl groups excluding tert-OH is 1. The second-order valence-electron chi connectivity index (χ2n) is 4.23. The number of amides is 1. The summed E-state index contributed by atoms with van der Waals surface area (Å²) in [5.41, 5.74) is 0.374. The maximum absolute atomic E-state index is 12.2. The van der Waals surface area contributed by atoms with E-state index in [2.05, 4.69) is 4.98 Å². The van der Waals surface area contributed by atoms with Gasteiger partial charge in [-0.2, -0.15) is 0 Å². The summed E-state index contributed by atoms with van der Waals surface area (Å²) in [4.78, 5) is 17.7. The first-order valence-corrected chi connectivity index (χ1v) is 7.38. The Kier molecular flexibility index (Phi) is 4.99. The van der Waals surface area contributed by atoms with Gasteiger partial charge in [0.25, 0.3) is 5.91 Å².